The van der Waals surface area contributed by atoms with Crippen molar-refractivity contribution >= 4 is 23.6 Å². The Morgan fingerprint density at radius 3 is 2.29 bits per heavy atom. The van der Waals surface area contributed by atoms with Gasteiger partial charge in [0.15, 0.2) is 0 Å². The summed E-state index contributed by atoms with van der Waals surface area (Å²) >= 11 is 0. The van der Waals surface area contributed by atoms with Crippen molar-refractivity contribution < 1.29 is 28.2 Å². The van der Waals surface area contributed by atoms with Crippen LogP contribution in [-0.2, 0) is 9.53 Å². The summed E-state index contributed by atoms with van der Waals surface area (Å²) in [4.78, 5) is 34.7. The molecule has 0 aromatic heterocycles. The zero-order valence-corrected chi connectivity index (χ0v) is 15.2. The molecular weight excluding hydrogens is 369 g/mol. The van der Waals surface area contributed by atoms with Crippen molar-refractivity contribution in [3.8, 4) is 5.75 Å². The minimum atomic E-state index is -0.549. The highest BCUT2D eigenvalue weighted by Crippen LogP contribution is 2.11. The second-order valence-corrected chi connectivity index (χ2v) is 5.52. The second kappa shape index (κ2) is 10.5. The summed E-state index contributed by atoms with van der Waals surface area (Å²) in [6.45, 7) is 0.243. The SMILES string of the molecule is COC(=O)CNC(=O)c1ccc(NC(=O)NCCOc2ccc(F)cc2)cc1. The fraction of sp³-hybridized carbons (Fsp3) is 0.211. The molecule has 0 spiro atoms. The van der Waals surface area contributed by atoms with E-state index in [1.165, 1.54) is 43.5 Å². The number of carbonyl (C=O) groups is 3. The number of anilines is 1. The quantitative estimate of drug-likeness (QED) is 0.473. The van der Waals surface area contributed by atoms with Crippen LogP contribution < -0.4 is 20.7 Å². The van der Waals surface area contributed by atoms with Crippen molar-refractivity contribution in [1.29, 1.82) is 0 Å². The number of urea groups is 1. The third kappa shape index (κ3) is 6.94. The van der Waals surface area contributed by atoms with Crippen LogP contribution in [0.25, 0.3) is 0 Å². The Labute approximate surface area is 161 Å². The zero-order chi connectivity index (χ0) is 20.4. The lowest BCUT2D eigenvalue weighted by atomic mass is 10.2. The molecule has 0 saturated carbocycles. The number of hydrogen-bond donors (Lipinski definition) is 3. The van der Waals surface area contributed by atoms with Crippen LogP contribution in [0.15, 0.2) is 48.5 Å². The largest absolute Gasteiger partial charge is 0.492 e. The van der Waals surface area contributed by atoms with E-state index in [0.29, 0.717) is 17.0 Å². The van der Waals surface area contributed by atoms with E-state index in [1.54, 1.807) is 12.1 Å². The van der Waals surface area contributed by atoms with Gasteiger partial charge in [0.25, 0.3) is 5.91 Å². The van der Waals surface area contributed by atoms with E-state index in [9.17, 15) is 18.8 Å². The molecule has 28 heavy (non-hydrogen) atoms. The lowest BCUT2D eigenvalue weighted by molar-refractivity contribution is -0.139. The number of methoxy groups -OCH3 is 1. The average Bonchev–Trinajstić information content (AvgIpc) is 2.71. The van der Waals surface area contributed by atoms with Gasteiger partial charge in [-0.05, 0) is 48.5 Å². The normalized spacial score (nSPS) is 9.93. The molecule has 0 atom stereocenters. The minimum Gasteiger partial charge on any atom is -0.492 e. The highest BCUT2D eigenvalue weighted by molar-refractivity contribution is 5.96. The maximum Gasteiger partial charge on any atom is 0.325 e. The summed E-state index contributed by atoms with van der Waals surface area (Å²) in [5, 5.41) is 7.64. The van der Waals surface area contributed by atoms with E-state index in [-0.39, 0.29) is 25.5 Å². The third-order valence-electron chi connectivity index (χ3n) is 3.50. The van der Waals surface area contributed by atoms with Gasteiger partial charge in [0, 0.05) is 11.3 Å². The first-order valence-corrected chi connectivity index (χ1v) is 8.36. The van der Waals surface area contributed by atoms with Crippen LogP contribution in [0.3, 0.4) is 0 Å². The molecule has 2 rings (SSSR count). The molecule has 9 heteroatoms. The molecule has 148 valence electrons. The number of ether oxygens (including phenoxy) is 2. The van der Waals surface area contributed by atoms with Crippen LogP contribution in [0.4, 0.5) is 14.9 Å². The Kier molecular flexibility index (Phi) is 7.77. The van der Waals surface area contributed by atoms with Gasteiger partial charge in [-0.25, -0.2) is 9.18 Å². The standard InChI is InChI=1S/C19H20FN3O5/c1-27-17(24)12-22-18(25)13-2-6-15(7-3-13)23-19(26)21-10-11-28-16-8-4-14(20)5-9-16/h2-9H,10-12H2,1H3,(H,22,25)(H2,21,23,26). The van der Waals surface area contributed by atoms with E-state index >= 15 is 0 Å². The average molecular weight is 389 g/mol. The van der Waals surface area contributed by atoms with Crippen LogP contribution in [0, 0.1) is 5.82 Å². The Morgan fingerprint density at radius 1 is 0.964 bits per heavy atom. The molecule has 0 aliphatic heterocycles. The predicted octanol–water partition coefficient (Wildman–Crippen LogP) is 1.93. The first-order valence-electron chi connectivity index (χ1n) is 8.36. The van der Waals surface area contributed by atoms with E-state index in [4.69, 9.17) is 4.74 Å². The molecule has 2 aromatic rings. The molecule has 0 heterocycles. The van der Waals surface area contributed by atoms with E-state index in [2.05, 4.69) is 20.7 Å². The Morgan fingerprint density at radius 2 is 1.64 bits per heavy atom. The summed E-state index contributed by atoms with van der Waals surface area (Å²) in [5.41, 5.74) is 0.823. The van der Waals surface area contributed by atoms with Crippen molar-refractivity contribution in [3.63, 3.8) is 0 Å². The van der Waals surface area contributed by atoms with Gasteiger partial charge < -0.3 is 25.4 Å². The van der Waals surface area contributed by atoms with Crippen LogP contribution in [-0.4, -0.2) is 44.7 Å². The summed E-state index contributed by atoms with van der Waals surface area (Å²) in [6.07, 6.45) is 0. The molecule has 2 aromatic carbocycles. The van der Waals surface area contributed by atoms with Gasteiger partial charge in [0.1, 0.15) is 24.7 Å². The number of benzene rings is 2. The van der Waals surface area contributed by atoms with E-state index in [0.717, 1.165) is 0 Å². The van der Waals surface area contributed by atoms with Crippen molar-refractivity contribution in [1.82, 2.24) is 10.6 Å². The molecular formula is C19H20FN3O5. The number of carbonyl (C=O) groups excluding carboxylic acids is 3. The van der Waals surface area contributed by atoms with Crippen molar-refractivity contribution in [3.05, 3.63) is 59.9 Å². The fourth-order valence-corrected chi connectivity index (χ4v) is 2.07. The molecule has 0 fully saturated rings. The molecule has 0 aliphatic rings. The van der Waals surface area contributed by atoms with Gasteiger partial charge in [0.05, 0.1) is 13.7 Å². The summed E-state index contributed by atoms with van der Waals surface area (Å²) in [5.74, 6) is -0.826. The number of esters is 1. The van der Waals surface area contributed by atoms with Gasteiger partial charge in [-0.1, -0.05) is 0 Å². The zero-order valence-electron chi connectivity index (χ0n) is 15.2. The minimum absolute atomic E-state index is 0.221. The van der Waals surface area contributed by atoms with Gasteiger partial charge >= 0.3 is 12.0 Å². The van der Waals surface area contributed by atoms with Crippen molar-refractivity contribution in [2.75, 3.05) is 32.1 Å². The molecule has 0 bridgehead atoms. The molecule has 3 N–H and O–H groups in total. The third-order valence-corrected chi connectivity index (χ3v) is 3.50. The number of hydrogen-bond acceptors (Lipinski definition) is 5. The van der Waals surface area contributed by atoms with Crippen LogP contribution in [0.1, 0.15) is 10.4 Å². The van der Waals surface area contributed by atoms with Crippen LogP contribution in [0.2, 0.25) is 0 Å². The first-order chi connectivity index (χ1) is 13.5. The number of rotatable bonds is 8. The molecule has 8 nitrogen and oxygen atoms in total. The highest BCUT2D eigenvalue weighted by Gasteiger charge is 2.08. The van der Waals surface area contributed by atoms with Gasteiger partial charge in [-0.2, -0.15) is 0 Å². The second-order valence-electron chi connectivity index (χ2n) is 5.52. The topological polar surface area (TPSA) is 106 Å². The number of nitrogens with one attached hydrogen (secondary N) is 3. The Balaban J connectivity index is 1.70. The van der Waals surface area contributed by atoms with Crippen molar-refractivity contribution in [2.24, 2.45) is 0 Å². The lowest BCUT2D eigenvalue weighted by Gasteiger charge is -2.10. The predicted molar refractivity (Wildman–Crippen MR) is 99.7 cm³/mol. The highest BCUT2D eigenvalue weighted by atomic mass is 19.1. The van der Waals surface area contributed by atoms with Gasteiger partial charge in [-0.3, -0.25) is 9.59 Å². The maximum atomic E-state index is 12.8. The Hall–Kier alpha value is -3.62. The first kappa shape index (κ1) is 20.7. The smallest absolute Gasteiger partial charge is 0.325 e. The fourth-order valence-electron chi connectivity index (χ4n) is 2.07. The Bertz CT molecular complexity index is 809. The maximum absolute atomic E-state index is 12.8. The molecule has 0 aliphatic carbocycles. The summed E-state index contributed by atoms with van der Waals surface area (Å²) < 4.78 is 22.6. The number of amides is 3. The molecule has 0 unspecified atom stereocenters. The van der Waals surface area contributed by atoms with Gasteiger partial charge in [-0.15, -0.1) is 0 Å². The number of halogens is 1. The molecule has 0 saturated heterocycles. The summed E-state index contributed by atoms with van der Waals surface area (Å²) in [7, 11) is 1.23. The molecule has 3 amide bonds. The van der Waals surface area contributed by atoms with Crippen LogP contribution in [0.5, 0.6) is 5.75 Å². The summed E-state index contributed by atoms with van der Waals surface area (Å²) in [6, 6.07) is 11.3. The van der Waals surface area contributed by atoms with E-state index in [1.807, 2.05) is 0 Å². The monoisotopic (exact) mass is 389 g/mol. The van der Waals surface area contributed by atoms with Crippen molar-refractivity contribution in [2.45, 2.75) is 0 Å². The van der Waals surface area contributed by atoms with Crippen LogP contribution >= 0.6 is 0 Å². The lowest BCUT2D eigenvalue weighted by Crippen LogP contribution is -2.32. The molecule has 0 radical (unpaired) electrons. The van der Waals surface area contributed by atoms with E-state index < -0.39 is 17.9 Å². The van der Waals surface area contributed by atoms with Gasteiger partial charge in [0.2, 0.25) is 0 Å².